The van der Waals surface area contributed by atoms with E-state index in [0.29, 0.717) is 5.56 Å². The van der Waals surface area contributed by atoms with Crippen molar-refractivity contribution >= 4 is 29.2 Å². The van der Waals surface area contributed by atoms with E-state index >= 15 is 0 Å². The van der Waals surface area contributed by atoms with Crippen LogP contribution in [-0.2, 0) is 15.7 Å². The molecule has 0 fully saturated rings. The number of carbonyl (C=O) groups is 2. The van der Waals surface area contributed by atoms with E-state index in [2.05, 4.69) is 10.1 Å². The number of nitrogens with one attached hydrogen (secondary N) is 1. The van der Waals surface area contributed by atoms with Crippen LogP contribution in [0.1, 0.15) is 21.5 Å². The topological polar surface area (TPSA) is 64.6 Å². The number of ether oxygens (including phenoxy) is 2. The van der Waals surface area contributed by atoms with Crippen molar-refractivity contribution in [3.05, 3.63) is 58.1 Å². The van der Waals surface area contributed by atoms with Crippen LogP contribution in [0, 0.1) is 6.92 Å². The average Bonchev–Trinajstić information content (AvgIpc) is 2.61. The van der Waals surface area contributed by atoms with Gasteiger partial charge in [-0.05, 0) is 36.8 Å². The number of carbonyl (C=O) groups excluding carboxylic acids is 2. The minimum absolute atomic E-state index is 0.212. The van der Waals surface area contributed by atoms with Gasteiger partial charge in [-0.15, -0.1) is 0 Å². The molecule has 9 heteroatoms. The molecule has 5 nitrogen and oxygen atoms in total. The molecule has 2 aromatic carbocycles. The van der Waals surface area contributed by atoms with E-state index < -0.39 is 35.9 Å². The third kappa shape index (κ3) is 5.13. The molecule has 144 valence electrons. The van der Waals surface area contributed by atoms with Crippen molar-refractivity contribution in [1.82, 2.24) is 0 Å². The first-order valence-corrected chi connectivity index (χ1v) is 7.98. The fourth-order valence-electron chi connectivity index (χ4n) is 2.21. The van der Waals surface area contributed by atoms with Gasteiger partial charge in [0.15, 0.2) is 6.61 Å². The van der Waals surface area contributed by atoms with Gasteiger partial charge in [0.2, 0.25) is 0 Å². The second-order valence-electron chi connectivity index (χ2n) is 5.47. The van der Waals surface area contributed by atoms with Crippen molar-refractivity contribution in [1.29, 1.82) is 0 Å². The molecule has 0 radical (unpaired) electrons. The van der Waals surface area contributed by atoms with E-state index in [9.17, 15) is 22.8 Å². The molecule has 0 heterocycles. The molecule has 0 saturated heterocycles. The lowest BCUT2D eigenvalue weighted by atomic mass is 10.1. The predicted octanol–water partition coefficient (Wildman–Crippen LogP) is 4.47. The summed E-state index contributed by atoms with van der Waals surface area (Å²) in [5, 5.41) is 1.87. The number of methoxy groups -OCH3 is 1. The highest BCUT2D eigenvalue weighted by Gasteiger charge is 2.34. The normalized spacial score (nSPS) is 11.0. The van der Waals surface area contributed by atoms with Crippen LogP contribution in [0.2, 0.25) is 5.02 Å². The number of aryl methyl sites for hydroxylation is 1. The molecule has 0 aliphatic carbocycles. The van der Waals surface area contributed by atoms with Crippen molar-refractivity contribution in [2.75, 3.05) is 19.0 Å². The van der Waals surface area contributed by atoms with Gasteiger partial charge in [0.1, 0.15) is 5.75 Å². The maximum absolute atomic E-state index is 13.1. The number of benzene rings is 2. The molecule has 0 saturated carbocycles. The van der Waals surface area contributed by atoms with Crippen molar-refractivity contribution in [3.8, 4) is 5.75 Å². The van der Waals surface area contributed by atoms with Gasteiger partial charge >= 0.3 is 12.1 Å². The van der Waals surface area contributed by atoms with Gasteiger partial charge in [0, 0.05) is 0 Å². The molecule has 0 atom stereocenters. The van der Waals surface area contributed by atoms with Crippen molar-refractivity contribution < 1.29 is 32.2 Å². The van der Waals surface area contributed by atoms with Crippen LogP contribution >= 0.6 is 11.6 Å². The molecule has 1 N–H and O–H groups in total. The van der Waals surface area contributed by atoms with E-state index in [1.807, 2.05) is 0 Å². The Morgan fingerprint density at radius 2 is 1.89 bits per heavy atom. The first-order chi connectivity index (χ1) is 12.6. The van der Waals surface area contributed by atoms with Gasteiger partial charge in [-0.3, -0.25) is 4.79 Å². The van der Waals surface area contributed by atoms with Crippen LogP contribution in [0.25, 0.3) is 0 Å². The Morgan fingerprint density at radius 1 is 1.19 bits per heavy atom. The van der Waals surface area contributed by atoms with Crippen LogP contribution in [0.15, 0.2) is 36.4 Å². The first-order valence-electron chi connectivity index (χ1n) is 7.60. The highest BCUT2D eigenvalue weighted by molar-refractivity contribution is 6.34. The van der Waals surface area contributed by atoms with E-state index in [-0.39, 0.29) is 16.3 Å². The number of anilines is 1. The molecule has 0 spiro atoms. The standard InChI is InChI=1S/C18H15ClF3NO4/c1-10-6-7-11(17(25)26-2)8-14(10)27-9-15(24)23-16-12(18(20,21)22)4-3-5-13(16)19/h3-8H,9H2,1-2H3,(H,23,24). The average molecular weight is 402 g/mol. The fourth-order valence-corrected chi connectivity index (χ4v) is 2.43. The molecule has 2 aromatic rings. The number of hydrogen-bond acceptors (Lipinski definition) is 4. The van der Waals surface area contributed by atoms with Crippen molar-refractivity contribution in [2.45, 2.75) is 13.1 Å². The van der Waals surface area contributed by atoms with Crippen molar-refractivity contribution in [3.63, 3.8) is 0 Å². The molecule has 27 heavy (non-hydrogen) atoms. The number of esters is 1. The Morgan fingerprint density at radius 3 is 2.52 bits per heavy atom. The summed E-state index contributed by atoms with van der Waals surface area (Å²) in [7, 11) is 1.22. The van der Waals surface area contributed by atoms with Gasteiger partial charge in [-0.25, -0.2) is 4.79 Å². The van der Waals surface area contributed by atoms with Gasteiger partial charge in [-0.1, -0.05) is 23.7 Å². The molecule has 0 aliphatic rings. The van der Waals surface area contributed by atoms with Crippen LogP contribution in [-0.4, -0.2) is 25.6 Å². The predicted molar refractivity (Wildman–Crippen MR) is 93.1 cm³/mol. The lowest BCUT2D eigenvalue weighted by Gasteiger charge is -2.16. The summed E-state index contributed by atoms with van der Waals surface area (Å²) in [6, 6.07) is 7.68. The zero-order valence-electron chi connectivity index (χ0n) is 14.3. The number of halogens is 4. The quantitative estimate of drug-likeness (QED) is 0.751. The third-order valence-electron chi connectivity index (χ3n) is 3.55. The zero-order valence-corrected chi connectivity index (χ0v) is 15.1. The largest absolute Gasteiger partial charge is 0.483 e. The molecule has 0 aromatic heterocycles. The van der Waals surface area contributed by atoms with Gasteiger partial charge in [0.25, 0.3) is 5.91 Å². The van der Waals surface area contributed by atoms with Crippen LogP contribution in [0.4, 0.5) is 18.9 Å². The van der Waals surface area contributed by atoms with Crippen molar-refractivity contribution in [2.24, 2.45) is 0 Å². The maximum Gasteiger partial charge on any atom is 0.418 e. The molecule has 0 bridgehead atoms. The minimum atomic E-state index is -4.68. The molecule has 1 amide bonds. The first kappa shape index (κ1) is 20.6. The highest BCUT2D eigenvalue weighted by Crippen LogP contribution is 2.38. The van der Waals surface area contributed by atoms with Crippen LogP contribution in [0.5, 0.6) is 5.75 Å². The summed E-state index contributed by atoms with van der Waals surface area (Å²) < 4.78 is 49.1. The lowest BCUT2D eigenvalue weighted by Crippen LogP contribution is -2.23. The third-order valence-corrected chi connectivity index (χ3v) is 3.87. The lowest BCUT2D eigenvalue weighted by molar-refractivity contribution is -0.137. The molecular formula is C18H15ClF3NO4. The second-order valence-corrected chi connectivity index (χ2v) is 5.88. The number of alkyl halides is 3. The summed E-state index contributed by atoms with van der Waals surface area (Å²) in [5.74, 6) is -1.20. The second kappa shape index (κ2) is 8.30. The summed E-state index contributed by atoms with van der Waals surface area (Å²) in [5.41, 5.74) is -0.763. The van der Waals surface area contributed by atoms with Gasteiger partial charge in [-0.2, -0.15) is 13.2 Å². The Bertz CT molecular complexity index is 868. The molecular weight excluding hydrogens is 387 g/mol. The monoisotopic (exact) mass is 401 g/mol. The smallest absolute Gasteiger partial charge is 0.418 e. The SMILES string of the molecule is COC(=O)c1ccc(C)c(OCC(=O)Nc2c(Cl)cccc2C(F)(F)F)c1. The Kier molecular flexibility index (Phi) is 6.32. The van der Waals surface area contributed by atoms with Crippen LogP contribution in [0.3, 0.4) is 0 Å². The Balaban J connectivity index is 2.14. The van der Waals surface area contributed by atoms with E-state index in [1.54, 1.807) is 13.0 Å². The number of rotatable bonds is 5. The molecule has 0 unspecified atom stereocenters. The number of hydrogen-bond donors (Lipinski definition) is 1. The molecule has 0 aliphatic heterocycles. The Labute approximate surface area is 158 Å². The summed E-state index contributed by atoms with van der Waals surface area (Å²) in [4.78, 5) is 23.6. The summed E-state index contributed by atoms with van der Waals surface area (Å²) in [6.07, 6.45) is -4.68. The van der Waals surface area contributed by atoms with E-state index in [1.165, 1.54) is 25.3 Å². The minimum Gasteiger partial charge on any atom is -0.483 e. The summed E-state index contributed by atoms with van der Waals surface area (Å²) >= 11 is 5.79. The number of amides is 1. The fraction of sp³-hybridized carbons (Fsp3) is 0.222. The maximum atomic E-state index is 13.1. The molecule has 2 rings (SSSR count). The van der Waals surface area contributed by atoms with Gasteiger partial charge < -0.3 is 14.8 Å². The highest BCUT2D eigenvalue weighted by atomic mass is 35.5. The van der Waals surface area contributed by atoms with E-state index in [0.717, 1.165) is 12.1 Å². The van der Waals surface area contributed by atoms with E-state index in [4.69, 9.17) is 16.3 Å². The van der Waals surface area contributed by atoms with Crippen LogP contribution < -0.4 is 10.1 Å². The number of para-hydroxylation sites is 1. The van der Waals surface area contributed by atoms with Gasteiger partial charge in [0.05, 0.1) is 28.9 Å². The summed E-state index contributed by atoms with van der Waals surface area (Å²) in [6.45, 7) is 1.11. The zero-order chi connectivity index (χ0) is 20.2. The Hall–Kier alpha value is -2.74.